The van der Waals surface area contributed by atoms with Crippen LogP contribution in [0.5, 0.6) is 5.75 Å². The first-order valence-corrected chi connectivity index (χ1v) is 10.4. The van der Waals surface area contributed by atoms with Gasteiger partial charge in [0.05, 0.1) is 17.7 Å². The summed E-state index contributed by atoms with van der Waals surface area (Å²) >= 11 is 0. The van der Waals surface area contributed by atoms with Gasteiger partial charge in [0.2, 0.25) is 0 Å². The van der Waals surface area contributed by atoms with Crippen molar-refractivity contribution in [1.29, 1.82) is 0 Å². The highest BCUT2D eigenvalue weighted by Crippen LogP contribution is 2.17. The molecule has 1 saturated heterocycles. The molecule has 7 nitrogen and oxygen atoms in total. The van der Waals surface area contributed by atoms with Gasteiger partial charge in [0.25, 0.3) is 5.91 Å². The third-order valence-corrected chi connectivity index (χ3v) is 4.99. The van der Waals surface area contributed by atoms with Crippen molar-refractivity contribution < 1.29 is 28.6 Å². The molecule has 1 aliphatic heterocycles. The van der Waals surface area contributed by atoms with Gasteiger partial charge < -0.3 is 19.5 Å². The van der Waals surface area contributed by atoms with E-state index in [1.54, 1.807) is 24.3 Å². The molecular weight excluding hydrogens is 398 g/mol. The fourth-order valence-electron chi connectivity index (χ4n) is 3.25. The molecule has 3 rings (SSSR count). The summed E-state index contributed by atoms with van der Waals surface area (Å²) in [5.41, 5.74) is 1.24. The van der Waals surface area contributed by atoms with Crippen molar-refractivity contribution in [3.8, 4) is 5.75 Å². The molecule has 2 aromatic rings. The molecule has 7 heteroatoms. The van der Waals surface area contributed by atoms with Gasteiger partial charge in [-0.2, -0.15) is 0 Å². The molecule has 1 fully saturated rings. The number of amides is 1. The summed E-state index contributed by atoms with van der Waals surface area (Å²) in [5.74, 6) is -0.679. The average Bonchev–Trinajstić information content (AvgIpc) is 3.30. The van der Waals surface area contributed by atoms with E-state index in [9.17, 15) is 14.4 Å². The van der Waals surface area contributed by atoms with Gasteiger partial charge in [-0.25, -0.2) is 4.79 Å². The normalized spacial score (nSPS) is 16.4. The van der Waals surface area contributed by atoms with E-state index in [4.69, 9.17) is 14.2 Å². The van der Waals surface area contributed by atoms with E-state index in [0.717, 1.165) is 25.0 Å². The number of Topliss-reactive ketones (excluding diaryl/α,β-unsaturated/α-hetero) is 1. The first kappa shape index (κ1) is 22.5. The summed E-state index contributed by atoms with van der Waals surface area (Å²) in [4.78, 5) is 36.3. The van der Waals surface area contributed by atoms with Crippen LogP contribution in [0.3, 0.4) is 0 Å². The largest absolute Gasteiger partial charge is 0.491 e. The van der Waals surface area contributed by atoms with Crippen molar-refractivity contribution in [3.63, 3.8) is 0 Å². The van der Waals surface area contributed by atoms with Gasteiger partial charge in [0.1, 0.15) is 12.4 Å². The summed E-state index contributed by atoms with van der Waals surface area (Å²) < 4.78 is 16.3. The predicted octanol–water partition coefficient (Wildman–Crippen LogP) is 2.72. The molecule has 1 aliphatic rings. The van der Waals surface area contributed by atoms with Gasteiger partial charge in [-0.05, 0) is 56.0 Å². The first-order valence-electron chi connectivity index (χ1n) is 10.4. The molecular formula is C24H27NO6. The molecule has 0 spiro atoms. The van der Waals surface area contributed by atoms with E-state index in [2.05, 4.69) is 5.32 Å². The van der Waals surface area contributed by atoms with E-state index in [0.29, 0.717) is 24.3 Å². The molecule has 0 bridgehead atoms. The van der Waals surface area contributed by atoms with Crippen molar-refractivity contribution in [2.24, 2.45) is 0 Å². The topological polar surface area (TPSA) is 90.9 Å². The van der Waals surface area contributed by atoms with Crippen LogP contribution in [0.1, 0.15) is 35.7 Å². The molecule has 0 aliphatic carbocycles. The maximum absolute atomic E-state index is 12.2. The lowest BCUT2D eigenvalue weighted by Gasteiger charge is -2.16. The second-order valence-corrected chi connectivity index (χ2v) is 7.47. The molecule has 0 saturated carbocycles. The number of ether oxygens (including phenoxy) is 3. The third-order valence-electron chi connectivity index (χ3n) is 4.99. The summed E-state index contributed by atoms with van der Waals surface area (Å²) in [5, 5.41) is 2.63. The van der Waals surface area contributed by atoms with Crippen LogP contribution in [-0.2, 0) is 25.5 Å². The number of rotatable bonds is 10. The Balaban J connectivity index is 1.44. The Morgan fingerprint density at radius 2 is 1.84 bits per heavy atom. The van der Waals surface area contributed by atoms with E-state index < -0.39 is 24.5 Å². The maximum atomic E-state index is 12.2. The van der Waals surface area contributed by atoms with Crippen LogP contribution in [-0.4, -0.2) is 49.6 Å². The van der Waals surface area contributed by atoms with Crippen LogP contribution >= 0.6 is 0 Å². The van der Waals surface area contributed by atoms with Gasteiger partial charge in [-0.15, -0.1) is 0 Å². The SMILES string of the molecule is CC(=O)[C@H](Cc1ccccc1)NC(=O)COC(=O)c1ccc(OC[C@H]2CCCO2)cc1. The zero-order chi connectivity index (χ0) is 22.1. The number of hydrogen-bond acceptors (Lipinski definition) is 6. The number of carbonyl (C=O) groups is 3. The molecule has 2 atom stereocenters. The highest BCUT2D eigenvalue weighted by molar-refractivity contribution is 5.92. The molecule has 0 unspecified atom stereocenters. The molecule has 164 valence electrons. The monoisotopic (exact) mass is 425 g/mol. The predicted molar refractivity (Wildman–Crippen MR) is 114 cm³/mol. The van der Waals surface area contributed by atoms with Crippen LogP contribution in [0.2, 0.25) is 0 Å². The van der Waals surface area contributed by atoms with Crippen LogP contribution < -0.4 is 10.1 Å². The van der Waals surface area contributed by atoms with Crippen molar-refractivity contribution in [1.82, 2.24) is 5.32 Å². The standard InChI is InChI=1S/C24H27NO6/c1-17(26)22(14-18-6-3-2-4-7-18)25-23(27)16-31-24(28)19-9-11-20(12-10-19)30-15-21-8-5-13-29-21/h2-4,6-7,9-12,21-22H,5,8,13-16H2,1H3,(H,25,27)/t21-,22+/m1/s1. The van der Waals surface area contributed by atoms with Crippen LogP contribution in [0.15, 0.2) is 54.6 Å². The Kier molecular flexibility index (Phi) is 8.18. The Bertz CT molecular complexity index is 875. The molecule has 0 aromatic heterocycles. The maximum Gasteiger partial charge on any atom is 0.338 e. The minimum Gasteiger partial charge on any atom is -0.491 e. The number of benzene rings is 2. The zero-order valence-corrected chi connectivity index (χ0v) is 17.5. The molecule has 31 heavy (non-hydrogen) atoms. The van der Waals surface area contributed by atoms with Crippen LogP contribution in [0.4, 0.5) is 0 Å². The average molecular weight is 425 g/mol. The highest BCUT2D eigenvalue weighted by atomic mass is 16.5. The fourth-order valence-corrected chi connectivity index (χ4v) is 3.25. The van der Waals surface area contributed by atoms with E-state index in [-0.39, 0.29) is 11.9 Å². The van der Waals surface area contributed by atoms with E-state index in [1.807, 2.05) is 30.3 Å². The van der Waals surface area contributed by atoms with Crippen LogP contribution in [0.25, 0.3) is 0 Å². The van der Waals surface area contributed by atoms with Crippen molar-refractivity contribution in [2.75, 3.05) is 19.8 Å². The smallest absolute Gasteiger partial charge is 0.338 e. The first-order chi connectivity index (χ1) is 15.0. The van der Waals surface area contributed by atoms with Crippen molar-refractivity contribution in [2.45, 2.75) is 38.3 Å². The van der Waals surface area contributed by atoms with Crippen molar-refractivity contribution in [3.05, 3.63) is 65.7 Å². The summed E-state index contributed by atoms with van der Waals surface area (Å²) in [7, 11) is 0. The quantitative estimate of drug-likeness (QED) is 0.589. The lowest BCUT2D eigenvalue weighted by molar-refractivity contribution is -0.128. The van der Waals surface area contributed by atoms with E-state index >= 15 is 0 Å². The number of carbonyl (C=O) groups excluding carboxylic acids is 3. The zero-order valence-electron chi connectivity index (χ0n) is 17.5. The van der Waals surface area contributed by atoms with Gasteiger partial charge in [0.15, 0.2) is 12.4 Å². The third kappa shape index (κ3) is 7.22. The number of esters is 1. The van der Waals surface area contributed by atoms with Gasteiger partial charge >= 0.3 is 5.97 Å². The second-order valence-electron chi connectivity index (χ2n) is 7.47. The minimum absolute atomic E-state index is 0.115. The molecule has 1 heterocycles. The lowest BCUT2D eigenvalue weighted by Crippen LogP contribution is -2.43. The fraction of sp³-hybridized carbons (Fsp3) is 0.375. The Morgan fingerprint density at radius 1 is 1.10 bits per heavy atom. The Morgan fingerprint density at radius 3 is 2.48 bits per heavy atom. The molecule has 1 N–H and O–H groups in total. The molecule has 0 radical (unpaired) electrons. The summed E-state index contributed by atoms with van der Waals surface area (Å²) in [6, 6.07) is 15.2. The number of nitrogens with one attached hydrogen (secondary N) is 1. The van der Waals surface area contributed by atoms with E-state index in [1.165, 1.54) is 6.92 Å². The molecule has 1 amide bonds. The highest BCUT2D eigenvalue weighted by Gasteiger charge is 2.19. The second kappa shape index (κ2) is 11.3. The van der Waals surface area contributed by atoms with Gasteiger partial charge in [-0.3, -0.25) is 9.59 Å². The van der Waals surface area contributed by atoms with Gasteiger partial charge in [0, 0.05) is 6.61 Å². The number of ketones is 1. The minimum atomic E-state index is -0.672. The molecule has 2 aromatic carbocycles. The number of hydrogen-bond donors (Lipinski definition) is 1. The van der Waals surface area contributed by atoms with Gasteiger partial charge in [-0.1, -0.05) is 30.3 Å². The van der Waals surface area contributed by atoms with Crippen molar-refractivity contribution >= 4 is 17.7 Å². The van der Waals surface area contributed by atoms with Crippen LogP contribution in [0, 0.1) is 0 Å². The summed E-state index contributed by atoms with van der Waals surface area (Å²) in [6.07, 6.45) is 2.53. The Labute approximate surface area is 181 Å². The Hall–Kier alpha value is -3.19. The summed E-state index contributed by atoms with van der Waals surface area (Å²) in [6.45, 7) is 2.20. The lowest BCUT2D eigenvalue weighted by atomic mass is 10.0.